The lowest BCUT2D eigenvalue weighted by molar-refractivity contribution is -0.137. The maximum Gasteiger partial charge on any atom is 0.304 e. The molecule has 6 nitrogen and oxygen atoms in total. The van der Waals surface area contributed by atoms with Crippen LogP contribution < -0.4 is 9.47 Å². The maximum absolute atomic E-state index is 15.2. The van der Waals surface area contributed by atoms with Crippen molar-refractivity contribution in [3.05, 3.63) is 94.7 Å². The van der Waals surface area contributed by atoms with Crippen molar-refractivity contribution in [1.82, 2.24) is 9.97 Å². The van der Waals surface area contributed by atoms with Crippen molar-refractivity contribution in [3.8, 4) is 33.9 Å². The van der Waals surface area contributed by atoms with Gasteiger partial charge in [0.2, 0.25) is 0 Å². The number of benzene rings is 3. The summed E-state index contributed by atoms with van der Waals surface area (Å²) >= 11 is 0. The molecule has 0 fully saturated rings. The normalized spacial score (nSPS) is 17.6. The van der Waals surface area contributed by atoms with E-state index in [9.17, 15) is 4.79 Å². The van der Waals surface area contributed by atoms with Crippen LogP contribution in [-0.2, 0) is 11.2 Å². The lowest BCUT2D eigenvalue weighted by Gasteiger charge is -2.19. The number of fused-ring (bicyclic) bond motifs is 2. The van der Waals surface area contributed by atoms with Gasteiger partial charge < -0.3 is 14.6 Å². The van der Waals surface area contributed by atoms with Gasteiger partial charge in [-0.05, 0) is 78.8 Å². The molecule has 6 rings (SSSR count). The molecule has 7 heteroatoms. The van der Waals surface area contributed by atoms with Gasteiger partial charge in [-0.3, -0.25) is 14.8 Å². The molecule has 2 heterocycles. The van der Waals surface area contributed by atoms with Gasteiger partial charge in [-0.2, -0.15) is 0 Å². The van der Waals surface area contributed by atoms with E-state index < -0.39 is 12.1 Å². The quantitative estimate of drug-likeness (QED) is 0.315. The maximum atomic E-state index is 15.2. The Hall–Kier alpha value is -4.26. The van der Waals surface area contributed by atoms with Gasteiger partial charge in [-0.25, -0.2) is 4.39 Å². The van der Waals surface area contributed by atoms with Crippen LogP contribution in [0.1, 0.15) is 52.7 Å². The average molecular weight is 511 g/mol. The molecule has 1 aliphatic heterocycles. The molecule has 0 bridgehead atoms. The number of aliphatic carboxylic acids is 1. The second-order valence-corrected chi connectivity index (χ2v) is 10.0. The van der Waals surface area contributed by atoms with Gasteiger partial charge in [0.15, 0.2) is 0 Å². The number of aromatic nitrogens is 2. The molecule has 3 aromatic carbocycles. The predicted molar refractivity (Wildman–Crippen MR) is 141 cm³/mol. The summed E-state index contributed by atoms with van der Waals surface area (Å²) in [6.07, 6.45) is 6.07. The Labute approximate surface area is 220 Å². The molecule has 2 aliphatic rings. The number of nitrogens with zero attached hydrogens (tertiary/aromatic N) is 2. The third-order valence-electron chi connectivity index (χ3n) is 7.51. The van der Waals surface area contributed by atoms with Gasteiger partial charge in [0.1, 0.15) is 23.4 Å². The van der Waals surface area contributed by atoms with E-state index in [4.69, 9.17) is 14.6 Å². The lowest BCUT2D eigenvalue weighted by Crippen LogP contribution is -2.07. The Bertz CT molecular complexity index is 1530. The molecule has 1 N–H and O–H groups in total. The lowest BCUT2D eigenvalue weighted by atomic mass is 9.88. The van der Waals surface area contributed by atoms with Crippen molar-refractivity contribution >= 4 is 5.97 Å². The van der Waals surface area contributed by atoms with Crippen LogP contribution in [0.4, 0.5) is 4.39 Å². The number of carboxylic acid groups (broad SMARTS) is 1. The molecule has 38 heavy (non-hydrogen) atoms. The smallest absolute Gasteiger partial charge is 0.304 e. The zero-order chi connectivity index (χ0) is 26.4. The van der Waals surface area contributed by atoms with E-state index in [1.807, 2.05) is 18.2 Å². The first kappa shape index (κ1) is 24.1. The minimum absolute atomic E-state index is 0.0236. The van der Waals surface area contributed by atoms with E-state index in [1.165, 1.54) is 6.07 Å². The van der Waals surface area contributed by atoms with Crippen molar-refractivity contribution in [2.75, 3.05) is 6.61 Å². The minimum Gasteiger partial charge on any atom is -0.492 e. The summed E-state index contributed by atoms with van der Waals surface area (Å²) in [7, 11) is 0. The highest BCUT2D eigenvalue weighted by Crippen LogP contribution is 2.45. The number of halogens is 1. The SMILES string of the molecule is Cc1cc(-c2cnccn2)cc(C)c1-c1ccc(F)c2c1CCC2Oc1ccc2c(c1)OCC2CC(=O)O. The van der Waals surface area contributed by atoms with Crippen molar-refractivity contribution in [2.45, 2.75) is 45.1 Å². The molecule has 1 aliphatic carbocycles. The molecule has 0 spiro atoms. The summed E-state index contributed by atoms with van der Waals surface area (Å²) in [6.45, 7) is 4.48. The third-order valence-corrected chi connectivity index (χ3v) is 7.51. The van der Waals surface area contributed by atoms with Crippen molar-refractivity contribution in [2.24, 2.45) is 0 Å². The molecule has 2 unspecified atom stereocenters. The number of aryl methyl sites for hydroxylation is 2. The van der Waals surface area contributed by atoms with Crippen LogP contribution in [0.25, 0.3) is 22.4 Å². The highest BCUT2D eigenvalue weighted by Gasteiger charge is 2.32. The van der Waals surface area contributed by atoms with Crippen LogP contribution >= 0.6 is 0 Å². The Kier molecular flexibility index (Phi) is 6.06. The molecular formula is C31H27FN2O4. The zero-order valence-corrected chi connectivity index (χ0v) is 21.2. The first-order valence-electron chi connectivity index (χ1n) is 12.7. The van der Waals surface area contributed by atoms with Crippen LogP contribution in [0.3, 0.4) is 0 Å². The molecule has 0 saturated heterocycles. The topological polar surface area (TPSA) is 81.5 Å². The summed E-state index contributed by atoms with van der Waals surface area (Å²) in [5.74, 6) is -0.0691. The van der Waals surface area contributed by atoms with E-state index in [0.717, 1.165) is 44.6 Å². The number of rotatable bonds is 6. The van der Waals surface area contributed by atoms with Crippen LogP contribution in [-0.4, -0.2) is 27.7 Å². The fraction of sp³-hybridized carbons (Fsp3) is 0.258. The van der Waals surface area contributed by atoms with E-state index in [2.05, 4.69) is 35.9 Å². The summed E-state index contributed by atoms with van der Waals surface area (Å²) < 4.78 is 27.3. The van der Waals surface area contributed by atoms with E-state index in [-0.39, 0.29) is 18.2 Å². The molecule has 4 aromatic rings. The van der Waals surface area contributed by atoms with Crippen molar-refractivity contribution < 1.29 is 23.8 Å². The van der Waals surface area contributed by atoms with Gasteiger partial charge in [0.05, 0.1) is 24.9 Å². The molecular weight excluding hydrogens is 483 g/mol. The Morgan fingerprint density at radius 1 is 1.13 bits per heavy atom. The fourth-order valence-corrected chi connectivity index (χ4v) is 5.88. The summed E-state index contributed by atoms with van der Waals surface area (Å²) in [6, 6.07) is 13.1. The van der Waals surface area contributed by atoms with Crippen LogP contribution in [0.5, 0.6) is 11.5 Å². The van der Waals surface area contributed by atoms with E-state index in [1.54, 1.807) is 24.7 Å². The largest absolute Gasteiger partial charge is 0.492 e. The monoisotopic (exact) mass is 510 g/mol. The summed E-state index contributed by atoms with van der Waals surface area (Å²) in [4.78, 5) is 19.8. The van der Waals surface area contributed by atoms with Gasteiger partial charge in [0, 0.05) is 41.1 Å². The standard InChI is InChI=1S/C31H27FN2O4/c1-17-11-19(26-15-33-9-10-34-26)12-18(2)30(17)23-5-7-25(32)31-24(23)6-8-27(31)38-21-3-4-22-20(13-29(35)36)16-37-28(22)14-21/h3-5,7,9-12,14-15,20,27H,6,8,13,16H2,1-2H3,(H,35,36). The zero-order valence-electron chi connectivity index (χ0n) is 21.2. The highest BCUT2D eigenvalue weighted by atomic mass is 19.1. The number of ether oxygens (including phenoxy) is 2. The van der Waals surface area contributed by atoms with Crippen molar-refractivity contribution in [1.29, 1.82) is 0 Å². The Morgan fingerprint density at radius 3 is 2.68 bits per heavy atom. The minimum atomic E-state index is -0.852. The van der Waals surface area contributed by atoms with Gasteiger partial charge in [0.25, 0.3) is 0 Å². The van der Waals surface area contributed by atoms with Crippen LogP contribution in [0.2, 0.25) is 0 Å². The van der Waals surface area contributed by atoms with Gasteiger partial charge >= 0.3 is 5.97 Å². The first-order valence-corrected chi connectivity index (χ1v) is 12.7. The molecule has 192 valence electrons. The average Bonchev–Trinajstić information content (AvgIpc) is 3.50. The predicted octanol–water partition coefficient (Wildman–Crippen LogP) is 6.58. The second-order valence-electron chi connectivity index (χ2n) is 10.0. The second kappa shape index (κ2) is 9.56. The summed E-state index contributed by atoms with van der Waals surface area (Å²) in [5, 5.41) is 9.15. The molecule has 1 aromatic heterocycles. The molecule has 2 atom stereocenters. The van der Waals surface area contributed by atoms with Crippen molar-refractivity contribution in [3.63, 3.8) is 0 Å². The highest BCUT2D eigenvalue weighted by molar-refractivity contribution is 5.79. The Balaban J connectivity index is 1.31. The number of carbonyl (C=O) groups is 1. The molecule has 0 saturated carbocycles. The van der Waals surface area contributed by atoms with Crippen LogP contribution in [0, 0.1) is 19.7 Å². The third kappa shape index (κ3) is 4.28. The number of hydrogen-bond donors (Lipinski definition) is 1. The fourth-order valence-electron chi connectivity index (χ4n) is 5.88. The van der Waals surface area contributed by atoms with E-state index in [0.29, 0.717) is 36.5 Å². The number of hydrogen-bond acceptors (Lipinski definition) is 5. The van der Waals surface area contributed by atoms with Gasteiger partial charge in [-0.1, -0.05) is 12.1 Å². The van der Waals surface area contributed by atoms with Gasteiger partial charge in [-0.15, -0.1) is 0 Å². The van der Waals surface area contributed by atoms with E-state index >= 15 is 4.39 Å². The summed E-state index contributed by atoms with van der Waals surface area (Å²) in [5.41, 5.74) is 8.59. The first-order chi connectivity index (χ1) is 18.4. The number of carboxylic acids is 1. The Morgan fingerprint density at radius 2 is 1.95 bits per heavy atom. The molecule has 0 radical (unpaired) electrons. The van der Waals surface area contributed by atoms with Crippen LogP contribution in [0.15, 0.2) is 61.1 Å². The molecule has 0 amide bonds.